The number of rotatable bonds is 4. The highest BCUT2D eigenvalue weighted by molar-refractivity contribution is 6.09. The molecule has 7 aromatic rings. The van der Waals surface area contributed by atoms with Crippen LogP contribution in [0.15, 0.2) is 146 Å². The molecule has 1 heterocycles. The first-order valence-corrected chi connectivity index (χ1v) is 13.5. The van der Waals surface area contributed by atoms with Gasteiger partial charge >= 0.3 is 0 Å². The number of nitrogens with zero attached hydrogens (tertiary/aromatic N) is 1. The minimum atomic E-state index is 0.161. The molecule has 1 aromatic heterocycles. The number of nitrogens with one attached hydrogen (secondary N) is 1. The average molecular weight is 499 g/mol. The SMILES string of the molecule is c1ccc2c(c1)-c1ccccc1C2Nc1ccc(-c2ccc(-n3c4ccccc4c4ccccc43)cc2)cc1. The zero-order chi connectivity index (χ0) is 25.8. The van der Waals surface area contributed by atoms with Gasteiger partial charge in [-0.1, -0.05) is 109 Å². The smallest absolute Gasteiger partial charge is 0.0779 e. The lowest BCUT2D eigenvalue weighted by Gasteiger charge is -2.18. The molecule has 0 fully saturated rings. The normalized spacial score (nSPS) is 12.5. The standard InChI is InChI=1S/C37H26N2/c1-3-13-33-29(9-1)30-10-2-4-14-34(30)37(33)38-27-21-17-25(18-22-27)26-19-23-28(24-20-26)39-35-15-7-5-11-31(35)32-12-6-8-16-36(32)39/h1-24,37-38H. The van der Waals surface area contributed by atoms with Crippen molar-refractivity contribution in [3.05, 3.63) is 157 Å². The number of para-hydroxylation sites is 2. The highest BCUT2D eigenvalue weighted by Crippen LogP contribution is 2.44. The molecule has 184 valence electrons. The Morgan fingerprint density at radius 1 is 0.436 bits per heavy atom. The van der Waals surface area contributed by atoms with Crippen molar-refractivity contribution < 1.29 is 0 Å². The first-order valence-electron chi connectivity index (χ1n) is 13.5. The van der Waals surface area contributed by atoms with Crippen LogP contribution in [-0.2, 0) is 0 Å². The molecule has 2 nitrogen and oxygen atoms in total. The maximum atomic E-state index is 3.79. The van der Waals surface area contributed by atoms with Gasteiger partial charge in [-0.15, -0.1) is 0 Å². The Labute approximate surface area is 227 Å². The van der Waals surface area contributed by atoms with Crippen LogP contribution in [0.5, 0.6) is 0 Å². The van der Waals surface area contributed by atoms with Crippen molar-refractivity contribution in [1.82, 2.24) is 4.57 Å². The lowest BCUT2D eigenvalue weighted by molar-refractivity contribution is 0.974. The lowest BCUT2D eigenvalue weighted by Crippen LogP contribution is -2.09. The van der Waals surface area contributed by atoms with E-state index in [9.17, 15) is 0 Å². The maximum absolute atomic E-state index is 3.79. The zero-order valence-electron chi connectivity index (χ0n) is 21.4. The van der Waals surface area contributed by atoms with Gasteiger partial charge in [0.15, 0.2) is 0 Å². The monoisotopic (exact) mass is 498 g/mol. The van der Waals surface area contributed by atoms with Crippen LogP contribution < -0.4 is 5.32 Å². The van der Waals surface area contributed by atoms with Gasteiger partial charge in [0.1, 0.15) is 0 Å². The summed E-state index contributed by atoms with van der Waals surface area (Å²) in [4.78, 5) is 0. The highest BCUT2D eigenvalue weighted by Gasteiger charge is 2.27. The van der Waals surface area contributed by atoms with E-state index in [0.29, 0.717) is 0 Å². The highest BCUT2D eigenvalue weighted by atomic mass is 15.0. The fourth-order valence-corrected chi connectivity index (χ4v) is 6.24. The Hall–Kier alpha value is -5.08. The largest absolute Gasteiger partial charge is 0.374 e. The molecular formula is C37H26N2. The predicted molar refractivity (Wildman–Crippen MR) is 164 cm³/mol. The van der Waals surface area contributed by atoms with Crippen LogP contribution in [0.2, 0.25) is 0 Å². The van der Waals surface area contributed by atoms with Crippen molar-refractivity contribution in [1.29, 1.82) is 0 Å². The van der Waals surface area contributed by atoms with Gasteiger partial charge < -0.3 is 9.88 Å². The van der Waals surface area contributed by atoms with E-state index in [1.807, 2.05) is 0 Å². The van der Waals surface area contributed by atoms with Crippen LogP contribution in [0.1, 0.15) is 17.2 Å². The van der Waals surface area contributed by atoms with Gasteiger partial charge in [0.05, 0.1) is 17.1 Å². The van der Waals surface area contributed by atoms with Gasteiger partial charge in [-0.2, -0.15) is 0 Å². The number of fused-ring (bicyclic) bond motifs is 6. The van der Waals surface area contributed by atoms with Crippen LogP contribution in [0.4, 0.5) is 5.69 Å². The number of aromatic nitrogens is 1. The summed E-state index contributed by atoms with van der Waals surface area (Å²) in [7, 11) is 0. The number of hydrogen-bond acceptors (Lipinski definition) is 1. The molecule has 1 aliphatic rings. The van der Waals surface area contributed by atoms with Gasteiger partial charge in [0.25, 0.3) is 0 Å². The predicted octanol–water partition coefficient (Wildman–Crippen LogP) is 9.63. The topological polar surface area (TPSA) is 17.0 Å². The molecule has 0 bridgehead atoms. The van der Waals surface area contributed by atoms with Crippen LogP contribution in [0.3, 0.4) is 0 Å². The maximum Gasteiger partial charge on any atom is 0.0779 e. The second-order valence-corrected chi connectivity index (χ2v) is 10.2. The Kier molecular flexibility index (Phi) is 4.92. The van der Waals surface area contributed by atoms with Crippen molar-refractivity contribution >= 4 is 27.5 Å². The summed E-state index contributed by atoms with van der Waals surface area (Å²) in [6.45, 7) is 0. The molecule has 0 radical (unpaired) electrons. The first-order chi connectivity index (χ1) is 19.3. The van der Waals surface area contributed by atoms with E-state index in [2.05, 4.69) is 155 Å². The average Bonchev–Trinajstić information content (AvgIpc) is 3.51. The summed E-state index contributed by atoms with van der Waals surface area (Å²) < 4.78 is 2.36. The van der Waals surface area contributed by atoms with Crippen LogP contribution in [-0.4, -0.2) is 4.57 Å². The molecule has 1 N–H and O–H groups in total. The Morgan fingerprint density at radius 2 is 0.897 bits per heavy atom. The Morgan fingerprint density at radius 3 is 1.46 bits per heavy atom. The summed E-state index contributed by atoms with van der Waals surface area (Å²) in [6, 6.07) is 52.6. The quantitative estimate of drug-likeness (QED) is 0.256. The summed E-state index contributed by atoms with van der Waals surface area (Å²) >= 11 is 0. The third-order valence-corrected chi connectivity index (χ3v) is 8.07. The molecule has 8 rings (SSSR count). The molecule has 0 saturated carbocycles. The van der Waals surface area contributed by atoms with Crippen molar-refractivity contribution in [2.45, 2.75) is 6.04 Å². The lowest BCUT2D eigenvalue weighted by atomic mass is 10.0. The van der Waals surface area contributed by atoms with Crippen molar-refractivity contribution in [2.75, 3.05) is 5.32 Å². The molecule has 6 aromatic carbocycles. The summed E-state index contributed by atoms with van der Waals surface area (Å²) in [5.41, 5.74) is 12.5. The minimum Gasteiger partial charge on any atom is -0.374 e. The summed E-state index contributed by atoms with van der Waals surface area (Å²) in [5.74, 6) is 0. The van der Waals surface area contributed by atoms with Crippen molar-refractivity contribution in [3.63, 3.8) is 0 Å². The molecule has 39 heavy (non-hydrogen) atoms. The molecule has 0 spiro atoms. The third-order valence-electron chi connectivity index (χ3n) is 8.07. The summed E-state index contributed by atoms with van der Waals surface area (Å²) in [6.07, 6.45) is 0. The van der Waals surface area contributed by atoms with Crippen LogP contribution >= 0.6 is 0 Å². The second kappa shape index (κ2) is 8.75. The molecule has 2 heteroatoms. The first kappa shape index (κ1) is 22.0. The fraction of sp³-hybridized carbons (Fsp3) is 0.0270. The Bertz CT molecular complexity index is 1880. The zero-order valence-corrected chi connectivity index (χ0v) is 21.4. The van der Waals surface area contributed by atoms with E-state index >= 15 is 0 Å². The van der Waals surface area contributed by atoms with Crippen LogP contribution in [0.25, 0.3) is 49.7 Å². The van der Waals surface area contributed by atoms with Crippen molar-refractivity contribution in [3.8, 4) is 27.9 Å². The van der Waals surface area contributed by atoms with Gasteiger partial charge in [-0.3, -0.25) is 0 Å². The van der Waals surface area contributed by atoms with Gasteiger partial charge in [-0.05, 0) is 69.8 Å². The van der Waals surface area contributed by atoms with Crippen molar-refractivity contribution in [2.24, 2.45) is 0 Å². The second-order valence-electron chi connectivity index (χ2n) is 10.2. The number of hydrogen-bond donors (Lipinski definition) is 1. The molecular weight excluding hydrogens is 472 g/mol. The molecule has 0 unspecified atom stereocenters. The number of anilines is 1. The molecule has 0 amide bonds. The van der Waals surface area contributed by atoms with Gasteiger partial charge in [0, 0.05) is 22.1 Å². The molecule has 1 aliphatic carbocycles. The van der Waals surface area contributed by atoms with E-state index in [4.69, 9.17) is 0 Å². The van der Waals surface area contributed by atoms with E-state index in [1.54, 1.807) is 0 Å². The van der Waals surface area contributed by atoms with E-state index in [0.717, 1.165) is 5.69 Å². The minimum absolute atomic E-state index is 0.161. The van der Waals surface area contributed by atoms with E-state index in [-0.39, 0.29) is 6.04 Å². The van der Waals surface area contributed by atoms with Gasteiger partial charge in [0.2, 0.25) is 0 Å². The van der Waals surface area contributed by atoms with Crippen LogP contribution in [0, 0.1) is 0 Å². The van der Waals surface area contributed by atoms with E-state index < -0.39 is 0 Å². The fourth-order valence-electron chi connectivity index (χ4n) is 6.24. The van der Waals surface area contributed by atoms with E-state index in [1.165, 1.54) is 60.9 Å². The molecule has 0 atom stereocenters. The third kappa shape index (κ3) is 3.49. The Balaban J connectivity index is 1.10. The molecule has 0 aliphatic heterocycles. The van der Waals surface area contributed by atoms with Gasteiger partial charge in [-0.25, -0.2) is 0 Å². The summed E-state index contributed by atoms with van der Waals surface area (Å²) in [5, 5.41) is 6.36. The number of benzene rings is 6. The molecule has 0 saturated heterocycles.